The lowest BCUT2D eigenvalue weighted by Crippen LogP contribution is -2.33. The Hall–Kier alpha value is -0.500. The van der Waals surface area contributed by atoms with Crippen LogP contribution >= 0.6 is 0 Å². The predicted molar refractivity (Wildman–Crippen MR) is 57.7 cm³/mol. The van der Waals surface area contributed by atoms with Crippen LogP contribution in [0.1, 0.15) is 27.2 Å². The predicted octanol–water partition coefficient (Wildman–Crippen LogP) is 1.94. The lowest BCUT2D eigenvalue weighted by Gasteiger charge is -2.29. The van der Waals surface area contributed by atoms with Gasteiger partial charge in [0.15, 0.2) is 0 Å². The summed E-state index contributed by atoms with van der Waals surface area (Å²) in [6.07, 6.45) is 5.82. The zero-order valence-electron chi connectivity index (χ0n) is 9.16. The van der Waals surface area contributed by atoms with Gasteiger partial charge in [0.2, 0.25) is 0 Å². The molecule has 0 atom stereocenters. The van der Waals surface area contributed by atoms with Crippen molar-refractivity contribution in [3.63, 3.8) is 0 Å². The highest BCUT2D eigenvalue weighted by molar-refractivity contribution is 4.88. The molecule has 0 N–H and O–H groups in total. The molecule has 2 heteroatoms. The molecule has 0 radical (unpaired) electrons. The van der Waals surface area contributed by atoms with Crippen molar-refractivity contribution in [2.24, 2.45) is 0 Å². The van der Waals surface area contributed by atoms with E-state index in [0.29, 0.717) is 6.04 Å². The summed E-state index contributed by atoms with van der Waals surface area (Å²) < 4.78 is 0. The number of rotatable bonds is 2. The number of hydrogen-bond donors (Lipinski definition) is 0. The van der Waals surface area contributed by atoms with Crippen LogP contribution in [0.3, 0.4) is 0 Å². The monoisotopic (exact) mass is 182 g/mol. The maximum atomic E-state index is 2.48. The van der Waals surface area contributed by atoms with Crippen molar-refractivity contribution in [1.29, 1.82) is 0 Å². The van der Waals surface area contributed by atoms with Crippen LogP contribution in [-0.2, 0) is 0 Å². The molecule has 13 heavy (non-hydrogen) atoms. The van der Waals surface area contributed by atoms with Crippen molar-refractivity contribution in [1.82, 2.24) is 9.80 Å². The third-order valence-corrected chi connectivity index (χ3v) is 2.66. The van der Waals surface area contributed by atoms with Gasteiger partial charge >= 0.3 is 0 Å². The van der Waals surface area contributed by atoms with Crippen molar-refractivity contribution in [3.8, 4) is 0 Å². The van der Waals surface area contributed by atoms with Gasteiger partial charge in [0, 0.05) is 25.7 Å². The molecule has 0 aliphatic carbocycles. The minimum Gasteiger partial charge on any atom is -0.375 e. The van der Waals surface area contributed by atoms with Crippen LogP contribution in [0.25, 0.3) is 0 Å². The molecule has 0 saturated heterocycles. The molecule has 0 aromatic carbocycles. The first-order chi connectivity index (χ1) is 6.24. The molecule has 76 valence electrons. The molecule has 2 nitrogen and oxygen atoms in total. The Kier molecular flexibility index (Phi) is 4.29. The first-order valence-corrected chi connectivity index (χ1v) is 5.38. The molecule has 1 heterocycles. The minimum absolute atomic E-state index is 0.643. The van der Waals surface area contributed by atoms with E-state index in [0.717, 1.165) is 6.54 Å². The van der Waals surface area contributed by atoms with Crippen LogP contribution in [0.5, 0.6) is 0 Å². The van der Waals surface area contributed by atoms with Crippen LogP contribution in [-0.4, -0.2) is 42.0 Å². The van der Waals surface area contributed by atoms with Gasteiger partial charge < -0.3 is 4.90 Å². The summed E-state index contributed by atoms with van der Waals surface area (Å²) in [5, 5.41) is 0. The third-order valence-electron chi connectivity index (χ3n) is 2.66. The molecule has 0 amide bonds. The van der Waals surface area contributed by atoms with Gasteiger partial charge in [0.05, 0.1) is 0 Å². The molecule has 0 spiro atoms. The Bertz CT molecular complexity index is 163. The van der Waals surface area contributed by atoms with Crippen LogP contribution in [0.4, 0.5) is 0 Å². The fourth-order valence-electron chi connectivity index (χ4n) is 1.69. The van der Waals surface area contributed by atoms with Gasteiger partial charge in [-0.2, -0.15) is 0 Å². The van der Waals surface area contributed by atoms with Gasteiger partial charge in [-0.1, -0.05) is 13.0 Å². The quantitative estimate of drug-likeness (QED) is 0.644. The zero-order valence-corrected chi connectivity index (χ0v) is 9.16. The molecular formula is C11H22N2. The second-order valence-corrected chi connectivity index (χ2v) is 3.96. The van der Waals surface area contributed by atoms with Crippen LogP contribution in [0.2, 0.25) is 0 Å². The van der Waals surface area contributed by atoms with E-state index in [4.69, 9.17) is 0 Å². The van der Waals surface area contributed by atoms with E-state index < -0.39 is 0 Å². The Balaban J connectivity index is 2.45. The molecule has 0 aromatic rings. The van der Waals surface area contributed by atoms with Crippen molar-refractivity contribution < 1.29 is 0 Å². The highest BCUT2D eigenvalue weighted by atomic mass is 15.2. The topological polar surface area (TPSA) is 6.48 Å². The molecule has 0 bridgehead atoms. The van der Waals surface area contributed by atoms with E-state index in [1.807, 2.05) is 0 Å². The Morgan fingerprint density at radius 2 is 2.08 bits per heavy atom. The molecule has 1 aliphatic heterocycles. The molecule has 0 saturated carbocycles. The molecule has 1 aliphatic rings. The lowest BCUT2D eigenvalue weighted by molar-refractivity contribution is 0.247. The Morgan fingerprint density at radius 3 is 2.69 bits per heavy atom. The standard InChI is InChI=1S/C11H22N2/c1-4-12-7-5-9-13(11(2)3)10-6-8-12/h5,9,11H,4,6-8,10H2,1-3H3/b9-5-. The molecule has 0 aromatic heterocycles. The van der Waals surface area contributed by atoms with Gasteiger partial charge in [-0.25, -0.2) is 0 Å². The first kappa shape index (κ1) is 10.6. The van der Waals surface area contributed by atoms with Crippen LogP contribution < -0.4 is 0 Å². The summed E-state index contributed by atoms with van der Waals surface area (Å²) in [6, 6.07) is 0.643. The lowest BCUT2D eigenvalue weighted by atomic mass is 10.2. The van der Waals surface area contributed by atoms with Crippen molar-refractivity contribution in [2.75, 3.05) is 26.2 Å². The second-order valence-electron chi connectivity index (χ2n) is 3.96. The van der Waals surface area contributed by atoms with Crippen molar-refractivity contribution in [2.45, 2.75) is 33.2 Å². The average Bonchev–Trinajstić information content (AvgIpc) is 2.03. The summed E-state index contributed by atoms with van der Waals surface area (Å²) in [4.78, 5) is 4.90. The second kappa shape index (κ2) is 5.28. The summed E-state index contributed by atoms with van der Waals surface area (Å²) in [5.41, 5.74) is 0. The van der Waals surface area contributed by atoms with Gasteiger partial charge in [0.25, 0.3) is 0 Å². The summed E-state index contributed by atoms with van der Waals surface area (Å²) in [5.74, 6) is 0. The highest BCUT2D eigenvalue weighted by Gasteiger charge is 2.08. The van der Waals surface area contributed by atoms with Crippen LogP contribution in [0, 0.1) is 0 Å². The van der Waals surface area contributed by atoms with Gasteiger partial charge in [0.1, 0.15) is 0 Å². The summed E-state index contributed by atoms with van der Waals surface area (Å²) in [6.45, 7) is 11.5. The van der Waals surface area contributed by atoms with E-state index >= 15 is 0 Å². The Labute approximate surface area is 82.2 Å². The van der Waals surface area contributed by atoms with E-state index in [2.05, 4.69) is 42.8 Å². The fraction of sp³-hybridized carbons (Fsp3) is 0.818. The molecule has 1 rings (SSSR count). The first-order valence-electron chi connectivity index (χ1n) is 5.38. The number of nitrogens with zero attached hydrogens (tertiary/aromatic N) is 2. The smallest absolute Gasteiger partial charge is 0.0227 e. The maximum Gasteiger partial charge on any atom is 0.0227 e. The van der Waals surface area contributed by atoms with E-state index in [9.17, 15) is 0 Å². The average molecular weight is 182 g/mol. The van der Waals surface area contributed by atoms with Gasteiger partial charge in [-0.15, -0.1) is 0 Å². The van der Waals surface area contributed by atoms with Gasteiger partial charge in [-0.05, 0) is 33.0 Å². The zero-order chi connectivity index (χ0) is 9.68. The summed E-state index contributed by atoms with van der Waals surface area (Å²) >= 11 is 0. The minimum atomic E-state index is 0.643. The SMILES string of the molecule is CCN1C/C=C\N(C(C)C)CCC1. The fourth-order valence-corrected chi connectivity index (χ4v) is 1.69. The normalized spacial score (nSPS) is 22.9. The van der Waals surface area contributed by atoms with E-state index in [-0.39, 0.29) is 0 Å². The van der Waals surface area contributed by atoms with Gasteiger partial charge in [-0.3, -0.25) is 4.90 Å². The van der Waals surface area contributed by atoms with Crippen molar-refractivity contribution >= 4 is 0 Å². The number of hydrogen-bond acceptors (Lipinski definition) is 2. The maximum absolute atomic E-state index is 2.48. The van der Waals surface area contributed by atoms with Crippen molar-refractivity contribution in [3.05, 3.63) is 12.3 Å². The highest BCUT2D eigenvalue weighted by Crippen LogP contribution is 2.05. The molecule has 0 fully saturated rings. The number of likely N-dealkylation sites (N-methyl/N-ethyl adjacent to an activating group) is 1. The van der Waals surface area contributed by atoms with E-state index in [1.54, 1.807) is 0 Å². The Morgan fingerprint density at radius 1 is 1.31 bits per heavy atom. The third kappa shape index (κ3) is 3.39. The molecule has 0 unspecified atom stereocenters. The largest absolute Gasteiger partial charge is 0.375 e. The van der Waals surface area contributed by atoms with E-state index in [1.165, 1.54) is 26.1 Å². The summed E-state index contributed by atoms with van der Waals surface area (Å²) in [7, 11) is 0. The molecular weight excluding hydrogens is 160 g/mol. The van der Waals surface area contributed by atoms with Crippen LogP contribution in [0.15, 0.2) is 12.3 Å².